The van der Waals surface area contributed by atoms with Crippen molar-refractivity contribution in [1.29, 1.82) is 0 Å². The third-order valence-corrected chi connectivity index (χ3v) is 1.69. The number of hydrogen-bond acceptors (Lipinski definition) is 0. The summed E-state index contributed by atoms with van der Waals surface area (Å²) in [5, 5.41) is 0. The van der Waals surface area contributed by atoms with Gasteiger partial charge in [-0.15, -0.1) is 6.58 Å². The maximum absolute atomic E-state index is 3.92. The zero-order chi connectivity index (χ0) is 8.85. The summed E-state index contributed by atoms with van der Waals surface area (Å²) in [6, 6.07) is 0. The van der Waals surface area contributed by atoms with Gasteiger partial charge in [-0.25, -0.2) is 0 Å². The molecule has 0 aliphatic rings. The van der Waals surface area contributed by atoms with Crippen molar-refractivity contribution in [3.8, 4) is 0 Å². The summed E-state index contributed by atoms with van der Waals surface area (Å²) in [5.74, 6) is 0. The van der Waals surface area contributed by atoms with E-state index in [0.717, 1.165) is 24.8 Å². The van der Waals surface area contributed by atoms with E-state index in [1.165, 1.54) is 11.1 Å². The van der Waals surface area contributed by atoms with E-state index >= 15 is 0 Å². The van der Waals surface area contributed by atoms with Gasteiger partial charge in [0.15, 0.2) is 0 Å². The molecule has 0 atom stereocenters. The van der Waals surface area contributed by atoms with Crippen LogP contribution in [0.4, 0.5) is 0 Å². The molecule has 0 spiro atoms. The van der Waals surface area contributed by atoms with Crippen LogP contribution < -0.4 is 0 Å². The second-order valence-electron chi connectivity index (χ2n) is 3.19. The van der Waals surface area contributed by atoms with Gasteiger partial charge in [0, 0.05) is 0 Å². The molecule has 0 bridgehead atoms. The Labute approximate surface area is 70.3 Å². The molecule has 0 aromatic rings. The Morgan fingerprint density at radius 1 is 1.00 bits per heavy atom. The van der Waals surface area contributed by atoms with Crippen molar-refractivity contribution >= 4 is 0 Å². The molecule has 0 aliphatic heterocycles. The van der Waals surface area contributed by atoms with Gasteiger partial charge in [0.1, 0.15) is 0 Å². The maximum atomic E-state index is 3.92. The van der Waals surface area contributed by atoms with E-state index in [2.05, 4.69) is 26.7 Å². The van der Waals surface area contributed by atoms with Crippen LogP contribution in [0.15, 0.2) is 36.5 Å². The van der Waals surface area contributed by atoms with E-state index in [-0.39, 0.29) is 0 Å². The summed E-state index contributed by atoms with van der Waals surface area (Å²) >= 11 is 0. The molecule has 0 N–H and O–H groups in total. The van der Waals surface area contributed by atoms with Gasteiger partial charge >= 0.3 is 0 Å². The molecule has 0 fully saturated rings. The van der Waals surface area contributed by atoms with Crippen molar-refractivity contribution in [2.24, 2.45) is 0 Å². The Morgan fingerprint density at radius 2 is 1.55 bits per heavy atom. The lowest BCUT2D eigenvalue weighted by molar-refractivity contribution is 0.812. The van der Waals surface area contributed by atoms with Gasteiger partial charge in [0.2, 0.25) is 0 Å². The first-order chi connectivity index (χ1) is 5.04. The third-order valence-electron chi connectivity index (χ3n) is 1.69. The first-order valence-electron chi connectivity index (χ1n) is 4.02. The SMILES string of the molecule is C=C(C)CCCC(=C)C(=C)C. The molecule has 0 nitrogen and oxygen atoms in total. The standard InChI is InChI=1S/C11H18/c1-9(2)7-6-8-11(5)10(3)4/h1,3,5-8H2,2,4H3. The molecule has 0 aromatic heterocycles. The van der Waals surface area contributed by atoms with Crippen molar-refractivity contribution in [1.82, 2.24) is 0 Å². The minimum Gasteiger partial charge on any atom is -0.100 e. The van der Waals surface area contributed by atoms with Crippen LogP contribution >= 0.6 is 0 Å². The van der Waals surface area contributed by atoms with Gasteiger partial charge in [-0.05, 0) is 33.1 Å². The fourth-order valence-corrected chi connectivity index (χ4v) is 0.817. The van der Waals surface area contributed by atoms with E-state index in [1.54, 1.807) is 0 Å². The van der Waals surface area contributed by atoms with Crippen molar-refractivity contribution in [3.63, 3.8) is 0 Å². The smallest absolute Gasteiger partial charge is 0.0279 e. The summed E-state index contributed by atoms with van der Waals surface area (Å²) in [6.07, 6.45) is 3.32. The summed E-state index contributed by atoms with van der Waals surface area (Å²) in [4.78, 5) is 0. The zero-order valence-electron chi connectivity index (χ0n) is 7.74. The second-order valence-corrected chi connectivity index (χ2v) is 3.19. The molecule has 0 radical (unpaired) electrons. The molecule has 0 heteroatoms. The van der Waals surface area contributed by atoms with E-state index in [1.807, 2.05) is 6.92 Å². The highest BCUT2D eigenvalue weighted by Crippen LogP contribution is 2.14. The van der Waals surface area contributed by atoms with Gasteiger partial charge in [-0.2, -0.15) is 0 Å². The quantitative estimate of drug-likeness (QED) is 0.412. The Balaban J connectivity index is 3.47. The van der Waals surface area contributed by atoms with Crippen molar-refractivity contribution in [2.45, 2.75) is 33.1 Å². The lowest BCUT2D eigenvalue weighted by Crippen LogP contribution is -1.83. The minimum absolute atomic E-state index is 1.06. The Bertz CT molecular complexity index is 172. The van der Waals surface area contributed by atoms with E-state index in [0.29, 0.717) is 0 Å². The third kappa shape index (κ3) is 5.65. The first-order valence-corrected chi connectivity index (χ1v) is 4.02. The average Bonchev–Trinajstić information content (AvgIpc) is 1.86. The predicted molar refractivity (Wildman–Crippen MR) is 52.6 cm³/mol. The van der Waals surface area contributed by atoms with Crippen LogP contribution in [0.3, 0.4) is 0 Å². The fourth-order valence-electron chi connectivity index (χ4n) is 0.817. The maximum Gasteiger partial charge on any atom is -0.0279 e. The number of allylic oxidation sites excluding steroid dienone is 3. The lowest BCUT2D eigenvalue weighted by atomic mass is 10.0. The molecule has 0 saturated carbocycles. The second kappa shape index (κ2) is 4.95. The van der Waals surface area contributed by atoms with Gasteiger partial charge < -0.3 is 0 Å². The Kier molecular flexibility index (Phi) is 4.60. The summed E-state index contributed by atoms with van der Waals surface area (Å²) < 4.78 is 0. The van der Waals surface area contributed by atoms with Crippen molar-refractivity contribution in [2.75, 3.05) is 0 Å². The Hall–Kier alpha value is -0.780. The highest BCUT2D eigenvalue weighted by molar-refractivity contribution is 5.22. The average molecular weight is 150 g/mol. The molecule has 0 amide bonds. The summed E-state index contributed by atoms with van der Waals surface area (Å²) in [5.41, 5.74) is 3.53. The minimum atomic E-state index is 1.06. The van der Waals surface area contributed by atoms with Gasteiger partial charge in [-0.3, -0.25) is 0 Å². The van der Waals surface area contributed by atoms with Crippen LogP contribution in [0.1, 0.15) is 33.1 Å². The molecule has 0 saturated heterocycles. The van der Waals surface area contributed by atoms with Crippen LogP contribution in [-0.4, -0.2) is 0 Å². The van der Waals surface area contributed by atoms with Crippen molar-refractivity contribution in [3.05, 3.63) is 36.5 Å². The lowest BCUT2D eigenvalue weighted by Gasteiger charge is -2.03. The largest absolute Gasteiger partial charge is 0.100 e. The summed E-state index contributed by atoms with van der Waals surface area (Å²) in [7, 11) is 0. The monoisotopic (exact) mass is 150 g/mol. The zero-order valence-corrected chi connectivity index (χ0v) is 7.74. The molecule has 0 aromatic carbocycles. The van der Waals surface area contributed by atoms with Gasteiger partial charge in [0.25, 0.3) is 0 Å². The first kappa shape index (κ1) is 10.2. The molecule has 62 valence electrons. The molecule has 0 aliphatic carbocycles. The van der Waals surface area contributed by atoms with Crippen LogP contribution in [0.2, 0.25) is 0 Å². The van der Waals surface area contributed by atoms with Crippen molar-refractivity contribution < 1.29 is 0 Å². The normalized spacial score (nSPS) is 9.27. The van der Waals surface area contributed by atoms with Crippen LogP contribution in [0.5, 0.6) is 0 Å². The highest BCUT2D eigenvalue weighted by atomic mass is 14.0. The summed E-state index contributed by atoms with van der Waals surface area (Å²) in [6.45, 7) is 15.7. The van der Waals surface area contributed by atoms with Crippen LogP contribution in [-0.2, 0) is 0 Å². The number of rotatable bonds is 5. The van der Waals surface area contributed by atoms with Gasteiger partial charge in [-0.1, -0.05) is 29.9 Å². The predicted octanol–water partition coefficient (Wildman–Crippen LogP) is 3.87. The topological polar surface area (TPSA) is 0 Å². The fraction of sp³-hybridized carbons (Fsp3) is 0.455. The van der Waals surface area contributed by atoms with Gasteiger partial charge in [0.05, 0.1) is 0 Å². The highest BCUT2D eigenvalue weighted by Gasteiger charge is 1.94. The number of hydrogen-bond donors (Lipinski definition) is 0. The van der Waals surface area contributed by atoms with Crippen LogP contribution in [0, 0.1) is 0 Å². The van der Waals surface area contributed by atoms with E-state index in [4.69, 9.17) is 0 Å². The molecule has 11 heavy (non-hydrogen) atoms. The molecular formula is C11H18. The molecule has 0 unspecified atom stereocenters. The molecular weight excluding hydrogens is 132 g/mol. The Morgan fingerprint density at radius 3 is 1.91 bits per heavy atom. The van der Waals surface area contributed by atoms with E-state index in [9.17, 15) is 0 Å². The molecule has 0 heterocycles. The van der Waals surface area contributed by atoms with Crippen LogP contribution in [0.25, 0.3) is 0 Å². The molecule has 0 rings (SSSR count). The van der Waals surface area contributed by atoms with E-state index < -0.39 is 0 Å².